The van der Waals surface area contributed by atoms with Crippen molar-refractivity contribution in [3.05, 3.63) is 29.8 Å². The molecule has 21 heavy (non-hydrogen) atoms. The summed E-state index contributed by atoms with van der Waals surface area (Å²) in [7, 11) is 1.57. The number of hydrogen-bond donors (Lipinski definition) is 1. The third-order valence-electron chi connectivity index (χ3n) is 3.23. The van der Waals surface area contributed by atoms with Crippen LogP contribution in [-0.2, 0) is 0 Å². The average Bonchev–Trinajstić information content (AvgIpc) is 2.46. The number of para-hydroxylation sites is 1. The molecule has 0 atom stereocenters. The lowest BCUT2D eigenvalue weighted by Crippen LogP contribution is -2.35. The maximum atomic E-state index is 12.7. The monoisotopic (exact) mass is 308 g/mol. The van der Waals surface area contributed by atoms with E-state index in [4.69, 9.17) is 22.7 Å². The van der Waals surface area contributed by atoms with Crippen molar-refractivity contribution in [3.8, 4) is 5.75 Å². The van der Waals surface area contributed by atoms with Gasteiger partial charge in [-0.2, -0.15) is 0 Å². The van der Waals surface area contributed by atoms with Gasteiger partial charge in [0.2, 0.25) is 0 Å². The molecule has 1 rings (SSSR count). The number of thiocarbonyl (C=S) groups is 1. The highest BCUT2D eigenvalue weighted by Gasteiger charge is 2.19. The highest BCUT2D eigenvalue weighted by Crippen LogP contribution is 2.20. The summed E-state index contributed by atoms with van der Waals surface area (Å²) in [5.74, 6) is 1.08. The van der Waals surface area contributed by atoms with Gasteiger partial charge in [0, 0.05) is 19.5 Å². The van der Waals surface area contributed by atoms with Gasteiger partial charge in [-0.3, -0.25) is 4.79 Å². The van der Waals surface area contributed by atoms with Crippen molar-refractivity contribution in [1.82, 2.24) is 4.90 Å². The van der Waals surface area contributed by atoms with Crippen LogP contribution in [0.5, 0.6) is 5.75 Å². The zero-order valence-corrected chi connectivity index (χ0v) is 13.8. The first-order valence-electron chi connectivity index (χ1n) is 7.16. The summed E-state index contributed by atoms with van der Waals surface area (Å²) in [6.45, 7) is 5.51. The van der Waals surface area contributed by atoms with Crippen molar-refractivity contribution >= 4 is 23.1 Å². The number of hydrogen-bond acceptors (Lipinski definition) is 3. The largest absolute Gasteiger partial charge is 0.496 e. The average molecular weight is 308 g/mol. The van der Waals surface area contributed by atoms with Gasteiger partial charge in [-0.25, -0.2) is 0 Å². The first kappa shape index (κ1) is 17.4. The van der Waals surface area contributed by atoms with E-state index in [1.807, 2.05) is 12.1 Å². The molecule has 5 heteroatoms. The van der Waals surface area contributed by atoms with Crippen molar-refractivity contribution in [3.63, 3.8) is 0 Å². The second-order valence-electron chi connectivity index (χ2n) is 5.39. The number of ether oxygens (including phenoxy) is 1. The second kappa shape index (κ2) is 8.62. The molecule has 0 bridgehead atoms. The fourth-order valence-corrected chi connectivity index (χ4v) is 2.06. The summed E-state index contributed by atoms with van der Waals surface area (Å²) in [4.78, 5) is 14.9. The first-order valence-corrected chi connectivity index (χ1v) is 7.57. The number of benzene rings is 1. The van der Waals surface area contributed by atoms with Crippen LogP contribution in [0.15, 0.2) is 24.3 Å². The Bertz CT molecular complexity index is 489. The standard InChI is InChI=1S/C16H24N2O2S/c1-12(2)8-10-18(11-9-15(17)21)16(19)13-6-4-5-7-14(13)20-3/h4-7,12H,8-11H2,1-3H3,(H2,17,21). The van der Waals surface area contributed by atoms with E-state index in [2.05, 4.69) is 13.8 Å². The van der Waals surface area contributed by atoms with Crippen LogP contribution >= 0.6 is 12.2 Å². The first-order chi connectivity index (χ1) is 9.95. The summed E-state index contributed by atoms with van der Waals surface area (Å²) in [5, 5.41) is 0. The van der Waals surface area contributed by atoms with Crippen LogP contribution in [-0.4, -0.2) is 36.0 Å². The van der Waals surface area contributed by atoms with E-state index >= 15 is 0 Å². The molecule has 4 nitrogen and oxygen atoms in total. The molecule has 2 N–H and O–H groups in total. The Morgan fingerprint density at radius 3 is 2.57 bits per heavy atom. The predicted octanol–water partition coefficient (Wildman–Crippen LogP) is 2.86. The van der Waals surface area contributed by atoms with Crippen molar-refractivity contribution in [2.45, 2.75) is 26.7 Å². The molecule has 116 valence electrons. The lowest BCUT2D eigenvalue weighted by atomic mass is 10.1. The molecule has 0 radical (unpaired) electrons. The Balaban J connectivity index is 2.89. The van der Waals surface area contributed by atoms with Crippen LogP contribution in [0.4, 0.5) is 0 Å². The van der Waals surface area contributed by atoms with Crippen molar-refractivity contribution in [2.24, 2.45) is 11.7 Å². The van der Waals surface area contributed by atoms with E-state index in [0.717, 1.165) is 6.42 Å². The molecule has 0 unspecified atom stereocenters. The van der Waals surface area contributed by atoms with Crippen LogP contribution in [0, 0.1) is 5.92 Å². The molecule has 0 heterocycles. The quantitative estimate of drug-likeness (QED) is 0.750. The molecule has 0 aromatic heterocycles. The lowest BCUT2D eigenvalue weighted by Gasteiger charge is -2.24. The fraction of sp³-hybridized carbons (Fsp3) is 0.500. The van der Waals surface area contributed by atoms with Crippen molar-refractivity contribution in [1.29, 1.82) is 0 Å². The molecule has 0 fully saturated rings. The van der Waals surface area contributed by atoms with E-state index in [0.29, 0.717) is 41.7 Å². The van der Waals surface area contributed by atoms with Crippen LogP contribution < -0.4 is 10.5 Å². The molecular formula is C16H24N2O2S. The summed E-state index contributed by atoms with van der Waals surface area (Å²) in [6, 6.07) is 7.26. The summed E-state index contributed by atoms with van der Waals surface area (Å²) in [5.41, 5.74) is 6.14. The number of carbonyl (C=O) groups excluding carboxylic acids is 1. The smallest absolute Gasteiger partial charge is 0.257 e. The Hall–Kier alpha value is -1.62. The van der Waals surface area contributed by atoms with E-state index in [1.165, 1.54) is 0 Å². The minimum Gasteiger partial charge on any atom is -0.496 e. The van der Waals surface area contributed by atoms with Crippen molar-refractivity contribution < 1.29 is 9.53 Å². The predicted molar refractivity (Wildman–Crippen MR) is 89.8 cm³/mol. The number of nitrogens with zero attached hydrogens (tertiary/aromatic N) is 1. The van der Waals surface area contributed by atoms with Gasteiger partial charge in [0.25, 0.3) is 5.91 Å². The number of nitrogens with two attached hydrogens (primary N) is 1. The van der Waals surface area contributed by atoms with Gasteiger partial charge in [-0.1, -0.05) is 38.2 Å². The van der Waals surface area contributed by atoms with Gasteiger partial charge in [0.15, 0.2) is 0 Å². The van der Waals surface area contributed by atoms with Gasteiger partial charge >= 0.3 is 0 Å². The molecular weight excluding hydrogens is 284 g/mol. The molecule has 0 aliphatic carbocycles. The molecule has 0 aliphatic rings. The Labute approximate surface area is 132 Å². The molecule has 1 aromatic carbocycles. The van der Waals surface area contributed by atoms with E-state index < -0.39 is 0 Å². The molecule has 0 aliphatic heterocycles. The van der Waals surface area contributed by atoms with Gasteiger partial charge in [-0.05, 0) is 24.5 Å². The number of rotatable bonds is 8. The number of methoxy groups -OCH3 is 1. The summed E-state index contributed by atoms with van der Waals surface area (Å²) < 4.78 is 5.27. The normalized spacial score (nSPS) is 10.5. The van der Waals surface area contributed by atoms with Gasteiger partial charge in [0.1, 0.15) is 5.75 Å². The van der Waals surface area contributed by atoms with E-state index in [-0.39, 0.29) is 5.91 Å². The van der Waals surface area contributed by atoms with Crippen molar-refractivity contribution in [2.75, 3.05) is 20.2 Å². The highest BCUT2D eigenvalue weighted by molar-refractivity contribution is 7.80. The van der Waals surface area contributed by atoms with Crippen LogP contribution in [0.1, 0.15) is 37.0 Å². The van der Waals surface area contributed by atoms with Gasteiger partial charge in [-0.15, -0.1) is 0 Å². The summed E-state index contributed by atoms with van der Waals surface area (Å²) in [6.07, 6.45) is 1.48. The minimum atomic E-state index is -0.0376. The molecule has 1 aromatic rings. The Kier molecular flexibility index (Phi) is 7.15. The zero-order valence-electron chi connectivity index (χ0n) is 13.0. The van der Waals surface area contributed by atoms with Crippen LogP contribution in [0.2, 0.25) is 0 Å². The number of amides is 1. The van der Waals surface area contributed by atoms with Crippen LogP contribution in [0.25, 0.3) is 0 Å². The van der Waals surface area contributed by atoms with E-state index in [9.17, 15) is 4.79 Å². The van der Waals surface area contributed by atoms with Crippen LogP contribution in [0.3, 0.4) is 0 Å². The minimum absolute atomic E-state index is 0.0376. The molecule has 1 amide bonds. The molecule has 0 saturated heterocycles. The maximum Gasteiger partial charge on any atom is 0.257 e. The second-order valence-corrected chi connectivity index (χ2v) is 5.92. The Morgan fingerprint density at radius 1 is 1.33 bits per heavy atom. The van der Waals surface area contributed by atoms with Gasteiger partial charge < -0.3 is 15.4 Å². The van der Waals surface area contributed by atoms with Gasteiger partial charge in [0.05, 0.1) is 17.7 Å². The third-order valence-corrected chi connectivity index (χ3v) is 3.43. The van der Waals surface area contributed by atoms with E-state index in [1.54, 1.807) is 24.1 Å². The topological polar surface area (TPSA) is 55.6 Å². The highest BCUT2D eigenvalue weighted by atomic mass is 32.1. The molecule has 0 spiro atoms. The molecule has 0 saturated carbocycles. The third kappa shape index (κ3) is 5.71. The maximum absolute atomic E-state index is 12.7. The lowest BCUT2D eigenvalue weighted by molar-refractivity contribution is 0.0749. The number of carbonyl (C=O) groups is 1. The fourth-order valence-electron chi connectivity index (χ4n) is 1.97. The zero-order chi connectivity index (χ0) is 15.8. The summed E-state index contributed by atoms with van der Waals surface area (Å²) >= 11 is 4.92. The Morgan fingerprint density at radius 2 is 2.00 bits per heavy atom. The SMILES string of the molecule is COc1ccccc1C(=O)N(CCC(N)=S)CCC(C)C.